The molecule has 140 valence electrons. The second-order valence-electron chi connectivity index (χ2n) is 5.64. The number of carbonyl (C=O) groups excluding carboxylic acids is 1. The number of hydrogen-bond acceptors (Lipinski definition) is 6. The normalized spacial score (nSPS) is 15.3. The maximum absolute atomic E-state index is 14.5. The number of amides is 1. The molecular weight excluding hydrogens is 399 g/mol. The standard InChI is InChI=1S/C16H12ClFN4O4S/c17-11-2-1-9(6-19)4-13(11)20-7-10-3-12(18)16(14(23)5-10)22-8-15(24)21-27(22,25)26/h1-5,20,23H,7-8H2,(H,21,24). The van der Waals surface area contributed by atoms with Gasteiger partial charge in [-0.25, -0.2) is 13.4 Å². The Labute approximate surface area is 159 Å². The van der Waals surface area contributed by atoms with Crippen molar-refractivity contribution in [1.29, 1.82) is 5.26 Å². The quantitative estimate of drug-likeness (QED) is 0.707. The van der Waals surface area contributed by atoms with Crippen molar-refractivity contribution in [2.24, 2.45) is 0 Å². The average molecular weight is 411 g/mol. The van der Waals surface area contributed by atoms with Crippen molar-refractivity contribution in [2.75, 3.05) is 16.2 Å². The molecule has 0 bridgehead atoms. The van der Waals surface area contributed by atoms with E-state index in [0.29, 0.717) is 26.1 Å². The molecular formula is C16H12ClFN4O4S. The third kappa shape index (κ3) is 3.74. The Hall–Kier alpha value is -3.03. The monoisotopic (exact) mass is 410 g/mol. The van der Waals surface area contributed by atoms with Crippen molar-refractivity contribution < 1.29 is 22.7 Å². The number of phenols is 1. The molecule has 1 amide bonds. The SMILES string of the molecule is N#Cc1ccc(Cl)c(NCc2cc(O)c(N3CC(=O)NS3(=O)=O)c(F)c2)c1. The maximum Gasteiger partial charge on any atom is 0.326 e. The lowest BCUT2D eigenvalue weighted by Gasteiger charge is -2.18. The zero-order chi connectivity index (χ0) is 19.8. The van der Waals surface area contributed by atoms with Crippen LogP contribution in [0, 0.1) is 17.1 Å². The highest BCUT2D eigenvalue weighted by Gasteiger charge is 2.37. The van der Waals surface area contributed by atoms with Crippen molar-refractivity contribution in [2.45, 2.75) is 6.54 Å². The summed E-state index contributed by atoms with van der Waals surface area (Å²) in [7, 11) is -4.25. The molecule has 27 heavy (non-hydrogen) atoms. The van der Waals surface area contributed by atoms with Crippen molar-refractivity contribution in [3.63, 3.8) is 0 Å². The lowest BCUT2D eigenvalue weighted by atomic mass is 10.1. The molecule has 1 fully saturated rings. The Kier molecular flexibility index (Phi) is 4.82. The number of aromatic hydroxyl groups is 1. The number of nitrogens with zero attached hydrogens (tertiary/aromatic N) is 2. The summed E-state index contributed by atoms with van der Waals surface area (Å²) in [5.74, 6) is -2.47. The van der Waals surface area contributed by atoms with Gasteiger partial charge in [0.1, 0.15) is 18.0 Å². The average Bonchev–Trinajstić information content (AvgIpc) is 2.86. The maximum atomic E-state index is 14.5. The molecule has 0 unspecified atom stereocenters. The van der Waals surface area contributed by atoms with Crippen LogP contribution in [0.5, 0.6) is 5.75 Å². The van der Waals surface area contributed by atoms with Gasteiger partial charge in [-0.05, 0) is 35.9 Å². The number of carbonyl (C=O) groups is 1. The van der Waals surface area contributed by atoms with Gasteiger partial charge in [0.25, 0.3) is 5.91 Å². The molecule has 1 aliphatic rings. The van der Waals surface area contributed by atoms with Gasteiger partial charge in [-0.3, -0.25) is 4.79 Å². The van der Waals surface area contributed by atoms with E-state index in [4.69, 9.17) is 16.9 Å². The molecule has 1 saturated heterocycles. The zero-order valence-electron chi connectivity index (χ0n) is 13.5. The van der Waals surface area contributed by atoms with E-state index in [1.807, 2.05) is 6.07 Å². The van der Waals surface area contributed by atoms with Crippen molar-refractivity contribution in [1.82, 2.24) is 4.72 Å². The molecule has 2 aromatic rings. The highest BCUT2D eigenvalue weighted by atomic mass is 35.5. The zero-order valence-corrected chi connectivity index (χ0v) is 15.1. The molecule has 11 heteroatoms. The Morgan fingerprint density at radius 3 is 2.70 bits per heavy atom. The fourth-order valence-electron chi connectivity index (χ4n) is 2.56. The van der Waals surface area contributed by atoms with Crippen LogP contribution >= 0.6 is 11.6 Å². The fourth-order valence-corrected chi connectivity index (χ4v) is 3.92. The summed E-state index contributed by atoms with van der Waals surface area (Å²) in [6.07, 6.45) is 0. The summed E-state index contributed by atoms with van der Waals surface area (Å²) in [6.45, 7) is -0.579. The molecule has 8 nitrogen and oxygen atoms in total. The van der Waals surface area contributed by atoms with Gasteiger partial charge >= 0.3 is 10.2 Å². The van der Waals surface area contributed by atoms with Crippen LogP contribution < -0.4 is 14.3 Å². The van der Waals surface area contributed by atoms with Crippen LogP contribution in [-0.2, 0) is 21.5 Å². The minimum Gasteiger partial charge on any atom is -0.506 e. The van der Waals surface area contributed by atoms with Crippen LogP contribution in [0.25, 0.3) is 0 Å². The highest BCUT2D eigenvalue weighted by molar-refractivity contribution is 7.92. The number of rotatable bonds is 4. The summed E-state index contributed by atoms with van der Waals surface area (Å²) in [5, 5.41) is 22.3. The molecule has 0 aromatic heterocycles. The summed E-state index contributed by atoms with van der Waals surface area (Å²) >= 11 is 6.03. The van der Waals surface area contributed by atoms with E-state index < -0.39 is 39.9 Å². The third-order valence-corrected chi connectivity index (χ3v) is 5.46. The largest absolute Gasteiger partial charge is 0.506 e. The summed E-state index contributed by atoms with van der Waals surface area (Å²) < 4.78 is 40.3. The first-order chi connectivity index (χ1) is 12.7. The number of phenolic OH excluding ortho intramolecular Hbond substituents is 1. The topological polar surface area (TPSA) is 123 Å². The van der Waals surface area contributed by atoms with E-state index in [9.17, 15) is 22.7 Å². The molecule has 0 spiro atoms. The van der Waals surface area contributed by atoms with Crippen molar-refractivity contribution in [3.05, 3.63) is 52.3 Å². The van der Waals surface area contributed by atoms with Crippen LogP contribution in [-0.4, -0.2) is 26.0 Å². The van der Waals surface area contributed by atoms with Gasteiger partial charge in [-0.2, -0.15) is 13.7 Å². The fraction of sp³-hybridized carbons (Fsp3) is 0.125. The van der Waals surface area contributed by atoms with Crippen molar-refractivity contribution in [3.8, 4) is 11.8 Å². The van der Waals surface area contributed by atoms with Gasteiger partial charge in [0.05, 0.1) is 22.3 Å². The van der Waals surface area contributed by atoms with Crippen LogP contribution in [0.15, 0.2) is 30.3 Å². The molecule has 3 N–H and O–H groups in total. The van der Waals surface area contributed by atoms with Crippen molar-refractivity contribution >= 4 is 39.1 Å². The van der Waals surface area contributed by atoms with Crippen LogP contribution in [0.1, 0.15) is 11.1 Å². The van der Waals surface area contributed by atoms with Crippen LogP contribution in [0.4, 0.5) is 15.8 Å². The van der Waals surface area contributed by atoms with Gasteiger partial charge in [-0.1, -0.05) is 11.6 Å². The smallest absolute Gasteiger partial charge is 0.326 e. The second-order valence-corrected chi connectivity index (χ2v) is 7.64. The Balaban J connectivity index is 1.86. The first-order valence-corrected chi connectivity index (χ1v) is 9.31. The van der Waals surface area contributed by atoms with Crippen LogP contribution in [0.3, 0.4) is 0 Å². The molecule has 0 saturated carbocycles. The summed E-state index contributed by atoms with van der Waals surface area (Å²) in [6, 6.07) is 8.76. The van der Waals surface area contributed by atoms with Gasteiger partial charge in [0.15, 0.2) is 5.82 Å². The first kappa shape index (κ1) is 18.8. The number of halogens is 2. The number of nitrogens with one attached hydrogen (secondary N) is 2. The van der Waals surface area contributed by atoms with E-state index >= 15 is 0 Å². The lowest BCUT2D eigenvalue weighted by molar-refractivity contribution is -0.117. The van der Waals surface area contributed by atoms with E-state index in [2.05, 4.69) is 5.32 Å². The minimum absolute atomic E-state index is 0.0449. The Morgan fingerprint density at radius 2 is 2.11 bits per heavy atom. The minimum atomic E-state index is -4.25. The number of anilines is 2. The molecule has 0 atom stereocenters. The van der Waals surface area contributed by atoms with E-state index in [-0.39, 0.29) is 6.54 Å². The molecule has 1 heterocycles. The van der Waals surface area contributed by atoms with E-state index in [0.717, 1.165) is 6.07 Å². The van der Waals surface area contributed by atoms with E-state index in [1.165, 1.54) is 18.2 Å². The Morgan fingerprint density at radius 1 is 1.37 bits per heavy atom. The summed E-state index contributed by atoms with van der Waals surface area (Å²) in [5.41, 5.74) is 0.504. The first-order valence-electron chi connectivity index (χ1n) is 7.49. The Bertz CT molecular complexity index is 1060. The molecule has 0 radical (unpaired) electrons. The molecule has 1 aliphatic heterocycles. The van der Waals surface area contributed by atoms with E-state index in [1.54, 1.807) is 10.8 Å². The summed E-state index contributed by atoms with van der Waals surface area (Å²) in [4.78, 5) is 11.3. The van der Waals surface area contributed by atoms with Crippen LogP contribution in [0.2, 0.25) is 5.02 Å². The second kappa shape index (κ2) is 6.94. The molecule has 3 rings (SSSR count). The van der Waals surface area contributed by atoms with Gasteiger partial charge in [-0.15, -0.1) is 0 Å². The number of benzene rings is 2. The van der Waals surface area contributed by atoms with Gasteiger partial charge in [0.2, 0.25) is 0 Å². The molecule has 0 aliphatic carbocycles. The molecule has 2 aromatic carbocycles. The predicted molar refractivity (Wildman–Crippen MR) is 96.0 cm³/mol. The van der Waals surface area contributed by atoms with Gasteiger partial charge in [0, 0.05) is 6.54 Å². The predicted octanol–water partition coefficient (Wildman–Crippen LogP) is 1.85. The number of nitriles is 1. The van der Waals surface area contributed by atoms with Gasteiger partial charge < -0.3 is 10.4 Å². The number of hydrogen-bond donors (Lipinski definition) is 3. The highest BCUT2D eigenvalue weighted by Crippen LogP contribution is 2.35. The lowest BCUT2D eigenvalue weighted by Crippen LogP contribution is -2.30. The third-order valence-electron chi connectivity index (χ3n) is 3.75.